The minimum atomic E-state index is -0.728. The summed E-state index contributed by atoms with van der Waals surface area (Å²) < 4.78 is 9.71. The van der Waals surface area contributed by atoms with Gasteiger partial charge in [-0.3, -0.25) is 0 Å². The van der Waals surface area contributed by atoms with Crippen LogP contribution in [0, 0.1) is 0 Å². The third kappa shape index (κ3) is 3.09. The number of carbonyl (C=O) groups is 2. The second kappa shape index (κ2) is 5.99. The van der Waals surface area contributed by atoms with Crippen molar-refractivity contribution in [2.24, 2.45) is 5.10 Å². The molecular formula is C13H14N2O4. The molecule has 0 fully saturated rings. The van der Waals surface area contributed by atoms with E-state index in [2.05, 4.69) is 9.84 Å². The van der Waals surface area contributed by atoms with Crippen LogP contribution >= 0.6 is 0 Å². The molecule has 0 bridgehead atoms. The zero-order chi connectivity index (χ0) is 13.7. The van der Waals surface area contributed by atoms with E-state index in [1.54, 1.807) is 0 Å². The van der Waals surface area contributed by atoms with Gasteiger partial charge >= 0.3 is 12.1 Å². The van der Waals surface area contributed by atoms with Crippen LogP contribution in [0.4, 0.5) is 4.79 Å². The van der Waals surface area contributed by atoms with Gasteiger partial charge in [-0.1, -0.05) is 30.3 Å². The molecule has 1 aliphatic heterocycles. The second-order valence-electron chi connectivity index (χ2n) is 3.96. The molecule has 0 spiro atoms. The zero-order valence-electron chi connectivity index (χ0n) is 10.5. The molecule has 0 aromatic heterocycles. The predicted octanol–water partition coefficient (Wildman–Crippen LogP) is 1.56. The van der Waals surface area contributed by atoms with Gasteiger partial charge in [-0.05, 0) is 5.56 Å². The first-order valence-corrected chi connectivity index (χ1v) is 5.82. The Kier molecular flexibility index (Phi) is 4.12. The maximum absolute atomic E-state index is 11.8. The molecule has 6 heteroatoms. The molecule has 100 valence electrons. The first kappa shape index (κ1) is 13.1. The van der Waals surface area contributed by atoms with Crippen molar-refractivity contribution in [3.8, 4) is 0 Å². The number of carbonyl (C=O) groups excluding carboxylic acids is 2. The molecule has 1 aliphatic rings. The lowest BCUT2D eigenvalue weighted by molar-refractivity contribution is -0.145. The Bertz CT molecular complexity index is 487. The molecule has 0 radical (unpaired) electrons. The Labute approximate surface area is 110 Å². The molecule has 0 N–H and O–H groups in total. The monoisotopic (exact) mass is 262 g/mol. The smallest absolute Gasteiger partial charge is 0.431 e. The molecule has 1 atom stereocenters. The van der Waals surface area contributed by atoms with E-state index >= 15 is 0 Å². The number of hydrazone groups is 1. The van der Waals surface area contributed by atoms with Crippen LogP contribution in [0.1, 0.15) is 12.0 Å². The Morgan fingerprint density at radius 3 is 2.79 bits per heavy atom. The van der Waals surface area contributed by atoms with Gasteiger partial charge < -0.3 is 9.47 Å². The first-order valence-electron chi connectivity index (χ1n) is 5.82. The minimum absolute atomic E-state index is 0.138. The van der Waals surface area contributed by atoms with E-state index in [1.807, 2.05) is 30.3 Å². The van der Waals surface area contributed by atoms with Gasteiger partial charge in [-0.25, -0.2) is 9.59 Å². The lowest BCUT2D eigenvalue weighted by Gasteiger charge is -2.19. The Balaban J connectivity index is 1.92. The summed E-state index contributed by atoms with van der Waals surface area (Å²) in [6.07, 6.45) is 1.17. The fraction of sp³-hybridized carbons (Fsp3) is 0.308. The van der Waals surface area contributed by atoms with Crippen molar-refractivity contribution in [2.45, 2.75) is 19.1 Å². The molecule has 6 nitrogen and oxygen atoms in total. The maximum atomic E-state index is 11.8. The van der Waals surface area contributed by atoms with Crippen LogP contribution in [0.5, 0.6) is 0 Å². The van der Waals surface area contributed by atoms with Crippen LogP contribution in [0.15, 0.2) is 35.4 Å². The Morgan fingerprint density at radius 2 is 2.11 bits per heavy atom. The molecule has 1 heterocycles. The van der Waals surface area contributed by atoms with E-state index < -0.39 is 18.1 Å². The van der Waals surface area contributed by atoms with Gasteiger partial charge in [0.25, 0.3) is 0 Å². The molecule has 0 aliphatic carbocycles. The summed E-state index contributed by atoms with van der Waals surface area (Å²) in [5.74, 6) is -0.505. The largest absolute Gasteiger partial charge is 0.467 e. The van der Waals surface area contributed by atoms with E-state index in [1.165, 1.54) is 13.3 Å². The highest BCUT2D eigenvalue weighted by Crippen LogP contribution is 2.15. The summed E-state index contributed by atoms with van der Waals surface area (Å²) in [4.78, 5) is 23.3. The molecule has 1 aromatic rings. The molecule has 1 aromatic carbocycles. The summed E-state index contributed by atoms with van der Waals surface area (Å²) in [5, 5.41) is 4.84. The summed E-state index contributed by atoms with van der Waals surface area (Å²) in [7, 11) is 1.27. The van der Waals surface area contributed by atoms with Crippen LogP contribution in [-0.2, 0) is 20.9 Å². The molecule has 19 heavy (non-hydrogen) atoms. The van der Waals surface area contributed by atoms with Crippen molar-refractivity contribution in [3.63, 3.8) is 0 Å². The van der Waals surface area contributed by atoms with E-state index in [0.29, 0.717) is 6.42 Å². The SMILES string of the molecule is COC(=O)C1CC=NN1C(=O)OCc1ccccc1. The van der Waals surface area contributed by atoms with Crippen LogP contribution in [-0.4, -0.2) is 36.4 Å². The number of esters is 1. The molecule has 0 saturated carbocycles. The van der Waals surface area contributed by atoms with Crippen LogP contribution in [0.2, 0.25) is 0 Å². The second-order valence-corrected chi connectivity index (χ2v) is 3.96. The topological polar surface area (TPSA) is 68.2 Å². The van der Waals surface area contributed by atoms with Gasteiger partial charge in [0.05, 0.1) is 7.11 Å². The third-order valence-electron chi connectivity index (χ3n) is 2.70. The van der Waals surface area contributed by atoms with E-state index in [9.17, 15) is 9.59 Å². The summed E-state index contributed by atoms with van der Waals surface area (Å²) in [5.41, 5.74) is 0.869. The van der Waals surface area contributed by atoms with Crippen LogP contribution in [0.25, 0.3) is 0 Å². The highest BCUT2D eigenvalue weighted by atomic mass is 16.6. The summed E-state index contributed by atoms with van der Waals surface area (Å²) in [6, 6.07) is 8.55. The predicted molar refractivity (Wildman–Crippen MR) is 67.4 cm³/mol. The van der Waals surface area contributed by atoms with Crippen molar-refractivity contribution in [1.29, 1.82) is 0 Å². The van der Waals surface area contributed by atoms with Crippen LogP contribution in [0.3, 0.4) is 0 Å². The first-order chi connectivity index (χ1) is 9.22. The Hall–Kier alpha value is -2.37. The van der Waals surface area contributed by atoms with Gasteiger partial charge in [-0.15, -0.1) is 0 Å². The fourth-order valence-corrected chi connectivity index (χ4v) is 1.71. The van der Waals surface area contributed by atoms with E-state index in [4.69, 9.17) is 4.74 Å². The number of rotatable bonds is 3. The third-order valence-corrected chi connectivity index (χ3v) is 2.70. The molecule has 1 amide bonds. The lowest BCUT2D eigenvalue weighted by Crippen LogP contribution is -2.39. The van der Waals surface area contributed by atoms with Crippen molar-refractivity contribution >= 4 is 18.3 Å². The lowest BCUT2D eigenvalue weighted by atomic mass is 10.2. The normalized spacial score (nSPS) is 17.3. The Morgan fingerprint density at radius 1 is 1.37 bits per heavy atom. The summed E-state index contributed by atoms with van der Waals surface area (Å²) in [6.45, 7) is 0.138. The quantitative estimate of drug-likeness (QED) is 0.775. The van der Waals surface area contributed by atoms with E-state index in [-0.39, 0.29) is 6.61 Å². The van der Waals surface area contributed by atoms with Gasteiger partial charge in [0.1, 0.15) is 6.61 Å². The van der Waals surface area contributed by atoms with Gasteiger partial charge in [-0.2, -0.15) is 10.1 Å². The minimum Gasteiger partial charge on any atom is -0.467 e. The van der Waals surface area contributed by atoms with Crippen molar-refractivity contribution in [2.75, 3.05) is 7.11 Å². The highest BCUT2D eigenvalue weighted by Gasteiger charge is 2.34. The molecule has 1 unspecified atom stereocenters. The number of ether oxygens (including phenoxy) is 2. The van der Waals surface area contributed by atoms with Gasteiger partial charge in [0.15, 0.2) is 6.04 Å². The molecule has 2 rings (SSSR count). The number of nitrogens with zero attached hydrogens (tertiary/aromatic N) is 2. The average Bonchev–Trinajstić information content (AvgIpc) is 2.94. The maximum Gasteiger partial charge on any atom is 0.431 e. The molecular weight excluding hydrogens is 248 g/mol. The zero-order valence-corrected chi connectivity index (χ0v) is 10.5. The average molecular weight is 262 g/mol. The number of hydrogen-bond acceptors (Lipinski definition) is 5. The fourth-order valence-electron chi connectivity index (χ4n) is 1.71. The number of hydrogen-bond donors (Lipinski definition) is 0. The van der Waals surface area contributed by atoms with Gasteiger partial charge in [0.2, 0.25) is 0 Å². The van der Waals surface area contributed by atoms with Crippen molar-refractivity contribution < 1.29 is 19.1 Å². The highest BCUT2D eigenvalue weighted by molar-refractivity contribution is 5.86. The number of amides is 1. The number of methoxy groups -OCH3 is 1. The number of benzene rings is 1. The molecule has 0 saturated heterocycles. The van der Waals surface area contributed by atoms with Crippen LogP contribution < -0.4 is 0 Å². The summed E-state index contributed by atoms with van der Waals surface area (Å²) >= 11 is 0. The van der Waals surface area contributed by atoms with Crippen molar-refractivity contribution in [3.05, 3.63) is 35.9 Å². The van der Waals surface area contributed by atoms with E-state index in [0.717, 1.165) is 10.6 Å². The van der Waals surface area contributed by atoms with Gasteiger partial charge in [0, 0.05) is 12.6 Å². The standard InChI is InChI=1S/C13H14N2O4/c1-18-12(16)11-7-8-14-15(11)13(17)19-9-10-5-3-2-4-6-10/h2-6,8,11H,7,9H2,1H3. The van der Waals surface area contributed by atoms with Crippen molar-refractivity contribution in [1.82, 2.24) is 5.01 Å².